The van der Waals surface area contributed by atoms with Crippen LogP contribution in [0.2, 0.25) is 0 Å². The summed E-state index contributed by atoms with van der Waals surface area (Å²) in [5.41, 5.74) is 1.13. The molecule has 0 aliphatic carbocycles. The molecule has 0 aliphatic rings. The van der Waals surface area contributed by atoms with Gasteiger partial charge >= 0.3 is 6.18 Å². The monoisotopic (exact) mass is 345 g/mol. The summed E-state index contributed by atoms with van der Waals surface area (Å²) in [6.07, 6.45) is -5.12. The number of alkyl halides is 3. The average molecular weight is 345 g/mol. The zero-order valence-corrected chi connectivity index (χ0v) is 14.4. The molecule has 0 spiro atoms. The second kappa shape index (κ2) is 10.1. The average Bonchev–Trinajstić information content (AvgIpc) is 2.50. The van der Waals surface area contributed by atoms with E-state index in [1.165, 1.54) is 0 Å². The standard InChI is InChI=1S/C17H26F3N3O/c1-4-21-16(22-10-9-17(18,19)20)23-11-12-24-15-8-6-5-7-14(15)13(2)3/h5-8,13H,4,9-12H2,1-3H3,(H2,21,22,23). The van der Waals surface area contributed by atoms with Gasteiger partial charge in [-0.1, -0.05) is 32.0 Å². The first-order valence-corrected chi connectivity index (χ1v) is 8.14. The Kier molecular flexibility index (Phi) is 8.43. The highest BCUT2D eigenvalue weighted by Gasteiger charge is 2.26. The van der Waals surface area contributed by atoms with Crippen molar-refractivity contribution in [3.8, 4) is 5.75 Å². The van der Waals surface area contributed by atoms with Gasteiger partial charge in [-0.2, -0.15) is 13.2 Å². The van der Waals surface area contributed by atoms with Gasteiger partial charge in [0.2, 0.25) is 0 Å². The van der Waals surface area contributed by atoms with E-state index in [4.69, 9.17) is 4.74 Å². The van der Waals surface area contributed by atoms with Crippen molar-refractivity contribution in [2.45, 2.75) is 39.3 Å². The number of halogens is 3. The molecule has 0 fully saturated rings. The van der Waals surface area contributed by atoms with Gasteiger partial charge in [-0.3, -0.25) is 4.99 Å². The fraction of sp³-hybridized carbons (Fsp3) is 0.588. The van der Waals surface area contributed by atoms with Crippen LogP contribution in [0.5, 0.6) is 5.75 Å². The minimum absolute atomic E-state index is 0.296. The van der Waals surface area contributed by atoms with Gasteiger partial charge in [0.05, 0.1) is 19.5 Å². The van der Waals surface area contributed by atoms with Gasteiger partial charge in [0.15, 0.2) is 5.96 Å². The second-order valence-electron chi connectivity index (χ2n) is 5.59. The minimum atomic E-state index is -4.19. The van der Waals surface area contributed by atoms with Gasteiger partial charge in [0, 0.05) is 6.54 Å². The van der Waals surface area contributed by atoms with Crippen LogP contribution in [0, 0.1) is 0 Å². The summed E-state index contributed by atoms with van der Waals surface area (Å²) < 4.78 is 42.2. The van der Waals surface area contributed by atoms with Gasteiger partial charge in [0.1, 0.15) is 12.4 Å². The van der Waals surface area contributed by atoms with Crippen LogP contribution in [0.15, 0.2) is 29.3 Å². The third-order valence-electron chi connectivity index (χ3n) is 3.20. The molecule has 1 aromatic rings. The first-order chi connectivity index (χ1) is 11.3. The Balaban J connectivity index is 2.44. The lowest BCUT2D eigenvalue weighted by Gasteiger charge is -2.15. The van der Waals surface area contributed by atoms with Gasteiger partial charge in [-0.05, 0) is 24.5 Å². The fourth-order valence-electron chi connectivity index (χ4n) is 2.06. The molecule has 0 atom stereocenters. The molecule has 136 valence electrons. The summed E-state index contributed by atoms with van der Waals surface area (Å²) in [5, 5.41) is 5.89. The summed E-state index contributed by atoms with van der Waals surface area (Å²) in [4.78, 5) is 3.91. The largest absolute Gasteiger partial charge is 0.491 e. The van der Waals surface area contributed by atoms with E-state index in [0.29, 0.717) is 31.6 Å². The van der Waals surface area contributed by atoms with E-state index in [-0.39, 0.29) is 6.54 Å². The maximum atomic E-state index is 12.2. The molecule has 0 heterocycles. The highest BCUT2D eigenvalue weighted by molar-refractivity contribution is 5.79. The lowest BCUT2D eigenvalue weighted by molar-refractivity contribution is -0.132. The molecular weight excluding hydrogens is 319 g/mol. The van der Waals surface area contributed by atoms with Crippen molar-refractivity contribution in [3.05, 3.63) is 29.8 Å². The Morgan fingerprint density at radius 1 is 1.21 bits per heavy atom. The number of nitrogens with one attached hydrogen (secondary N) is 2. The fourth-order valence-corrected chi connectivity index (χ4v) is 2.06. The summed E-state index contributed by atoms with van der Waals surface area (Å²) in [6.45, 7) is 7.17. The zero-order chi connectivity index (χ0) is 18.0. The van der Waals surface area contributed by atoms with Crippen LogP contribution in [0.3, 0.4) is 0 Å². The van der Waals surface area contributed by atoms with Gasteiger partial charge in [-0.15, -0.1) is 0 Å². The van der Waals surface area contributed by atoms with Crippen molar-refractivity contribution in [2.75, 3.05) is 26.2 Å². The first kappa shape index (κ1) is 20.1. The van der Waals surface area contributed by atoms with E-state index in [1.807, 2.05) is 31.2 Å². The van der Waals surface area contributed by atoms with E-state index >= 15 is 0 Å². The minimum Gasteiger partial charge on any atom is -0.491 e. The van der Waals surface area contributed by atoms with Crippen LogP contribution in [0.1, 0.15) is 38.7 Å². The number of ether oxygens (including phenoxy) is 1. The molecule has 1 aromatic carbocycles. The van der Waals surface area contributed by atoms with E-state index in [0.717, 1.165) is 11.3 Å². The summed E-state index contributed by atoms with van der Waals surface area (Å²) in [5.74, 6) is 1.55. The predicted molar refractivity (Wildman–Crippen MR) is 90.7 cm³/mol. The molecule has 7 heteroatoms. The van der Waals surface area contributed by atoms with Crippen molar-refractivity contribution >= 4 is 5.96 Å². The third-order valence-corrected chi connectivity index (χ3v) is 3.20. The maximum absolute atomic E-state index is 12.2. The maximum Gasteiger partial charge on any atom is 0.390 e. The highest BCUT2D eigenvalue weighted by atomic mass is 19.4. The molecule has 24 heavy (non-hydrogen) atoms. The molecule has 0 bridgehead atoms. The quantitative estimate of drug-likeness (QED) is 0.429. The van der Waals surface area contributed by atoms with Crippen LogP contribution < -0.4 is 15.4 Å². The summed E-state index contributed by atoms with van der Waals surface area (Å²) >= 11 is 0. The molecular formula is C17H26F3N3O. The summed E-state index contributed by atoms with van der Waals surface area (Å²) in [6, 6.07) is 7.82. The molecule has 0 amide bonds. The Labute approximate surface area is 141 Å². The molecule has 0 aromatic heterocycles. The van der Waals surface area contributed by atoms with E-state index in [9.17, 15) is 13.2 Å². The molecule has 0 saturated carbocycles. The van der Waals surface area contributed by atoms with Crippen LogP contribution in [0.25, 0.3) is 0 Å². The number of guanidine groups is 1. The van der Waals surface area contributed by atoms with E-state index < -0.39 is 12.6 Å². The van der Waals surface area contributed by atoms with Crippen molar-refractivity contribution < 1.29 is 17.9 Å². The molecule has 2 N–H and O–H groups in total. The molecule has 4 nitrogen and oxygen atoms in total. The van der Waals surface area contributed by atoms with Crippen molar-refractivity contribution in [1.82, 2.24) is 10.6 Å². The number of nitrogens with zero attached hydrogens (tertiary/aromatic N) is 1. The SMILES string of the molecule is CCNC(=NCCC(F)(F)F)NCCOc1ccccc1C(C)C. The van der Waals surface area contributed by atoms with Crippen LogP contribution >= 0.6 is 0 Å². The molecule has 0 radical (unpaired) electrons. The Hall–Kier alpha value is -1.92. The third kappa shape index (κ3) is 8.08. The van der Waals surface area contributed by atoms with Gasteiger partial charge < -0.3 is 15.4 Å². The topological polar surface area (TPSA) is 45.7 Å². The zero-order valence-electron chi connectivity index (χ0n) is 14.4. The Bertz CT molecular complexity index is 516. The smallest absolute Gasteiger partial charge is 0.390 e. The summed E-state index contributed by atoms with van der Waals surface area (Å²) in [7, 11) is 0. The molecule has 0 saturated heterocycles. The van der Waals surface area contributed by atoms with Crippen LogP contribution in [-0.4, -0.2) is 38.4 Å². The molecule has 1 rings (SSSR count). The first-order valence-electron chi connectivity index (χ1n) is 8.14. The number of para-hydroxylation sites is 1. The van der Waals surface area contributed by atoms with Gasteiger partial charge in [0.25, 0.3) is 0 Å². The number of benzene rings is 1. The number of rotatable bonds is 8. The Morgan fingerprint density at radius 2 is 1.92 bits per heavy atom. The van der Waals surface area contributed by atoms with Crippen molar-refractivity contribution in [3.63, 3.8) is 0 Å². The van der Waals surface area contributed by atoms with Gasteiger partial charge in [-0.25, -0.2) is 0 Å². The van der Waals surface area contributed by atoms with Crippen LogP contribution in [0.4, 0.5) is 13.2 Å². The van der Waals surface area contributed by atoms with E-state index in [2.05, 4.69) is 29.5 Å². The Morgan fingerprint density at radius 3 is 2.54 bits per heavy atom. The lowest BCUT2D eigenvalue weighted by atomic mass is 10.0. The van der Waals surface area contributed by atoms with E-state index in [1.54, 1.807) is 0 Å². The van der Waals surface area contributed by atoms with Crippen molar-refractivity contribution in [1.29, 1.82) is 0 Å². The second-order valence-corrected chi connectivity index (χ2v) is 5.59. The predicted octanol–water partition coefficient (Wildman–Crippen LogP) is 3.70. The van der Waals surface area contributed by atoms with Crippen molar-refractivity contribution in [2.24, 2.45) is 4.99 Å². The number of aliphatic imine (C=N–C) groups is 1. The normalized spacial score (nSPS) is 12.4. The number of hydrogen-bond acceptors (Lipinski definition) is 2. The molecule has 0 aliphatic heterocycles. The highest BCUT2D eigenvalue weighted by Crippen LogP contribution is 2.25. The molecule has 0 unspecified atom stereocenters. The van der Waals surface area contributed by atoms with Crippen LogP contribution in [-0.2, 0) is 0 Å². The number of hydrogen-bond donors (Lipinski definition) is 2. The lowest BCUT2D eigenvalue weighted by Crippen LogP contribution is -2.39.